The fourth-order valence-electron chi connectivity index (χ4n) is 0.820. The Morgan fingerprint density at radius 1 is 1.67 bits per heavy atom. The lowest BCUT2D eigenvalue weighted by Crippen LogP contribution is -2.18. The molecule has 0 N–H and O–H groups in total. The van der Waals surface area contributed by atoms with E-state index in [1.165, 1.54) is 6.20 Å². The van der Waals surface area contributed by atoms with Crippen LogP contribution >= 0.6 is 9.07 Å². The third-order valence-electron chi connectivity index (χ3n) is 1.47. The summed E-state index contributed by atoms with van der Waals surface area (Å²) in [5, 5.41) is 8.81. The number of hydrogen-bond donors (Lipinski definition) is 0. The minimum atomic E-state index is -0.937. The van der Waals surface area contributed by atoms with E-state index in [-0.39, 0.29) is 0 Å². The second kappa shape index (κ2) is 5.85. The van der Waals surface area contributed by atoms with Crippen LogP contribution in [-0.4, -0.2) is 54.6 Å². The van der Waals surface area contributed by atoms with Crippen molar-refractivity contribution >= 4 is 44.4 Å². The van der Waals surface area contributed by atoms with Crippen LogP contribution in [0.1, 0.15) is 5.56 Å². The summed E-state index contributed by atoms with van der Waals surface area (Å²) in [5.41, 5.74) is 0.357. The Balaban J connectivity index is 3.08. The number of hydrogen-bond acceptors (Lipinski definition) is 4. The van der Waals surface area contributed by atoms with Crippen molar-refractivity contribution < 1.29 is 0 Å². The highest BCUT2D eigenvalue weighted by Gasteiger charge is 2.06. The Morgan fingerprint density at radius 2 is 2.40 bits per heavy atom. The molecule has 74 valence electrons. The van der Waals surface area contributed by atoms with Gasteiger partial charge in [0.05, 0.1) is 6.34 Å². The standard InChI is InChI=1S/C8H8N5.ClH.Mg/c1-13(2)6-12-8-7(3-9)4-10-5-11-8;;/h4,6H,1-2H3;1H;/q;;+1/p-1/b12-6+;;. The van der Waals surface area contributed by atoms with Crippen LogP contribution in [0.4, 0.5) is 5.82 Å². The van der Waals surface area contributed by atoms with E-state index in [9.17, 15) is 0 Å². The lowest BCUT2D eigenvalue weighted by Gasteiger charge is -2.03. The van der Waals surface area contributed by atoms with E-state index in [0.29, 0.717) is 15.3 Å². The van der Waals surface area contributed by atoms with Gasteiger partial charge in [0.1, 0.15) is 11.6 Å². The monoisotopic (exact) mass is 233 g/mol. The molecule has 0 spiro atoms. The molecule has 0 saturated carbocycles. The second-order valence-electron chi connectivity index (χ2n) is 2.98. The Morgan fingerprint density at radius 3 is 2.93 bits per heavy atom. The molecule has 0 bridgehead atoms. The van der Waals surface area contributed by atoms with Crippen LogP contribution in [0, 0.1) is 11.3 Å². The molecule has 7 heteroatoms. The Labute approximate surface area is 101 Å². The van der Waals surface area contributed by atoms with Crippen LogP contribution in [0.15, 0.2) is 11.2 Å². The lowest BCUT2D eigenvalue weighted by molar-refractivity contribution is 0.643. The maximum Gasteiger partial charge on any atom is 0.595 e. The van der Waals surface area contributed by atoms with Crippen molar-refractivity contribution in [3.8, 4) is 6.07 Å². The third-order valence-corrected chi connectivity index (χ3v) is 2.77. The first-order valence-corrected chi connectivity index (χ1v) is 7.04. The smallest absolute Gasteiger partial charge is 0.369 e. The molecule has 0 radical (unpaired) electrons. The van der Waals surface area contributed by atoms with Crippen LogP contribution in [0.3, 0.4) is 0 Å². The highest BCUT2D eigenvalue weighted by atomic mass is 35.5. The summed E-state index contributed by atoms with van der Waals surface area (Å²) in [6, 6.07) is 1.99. The maximum absolute atomic E-state index is 8.81. The van der Waals surface area contributed by atoms with Crippen LogP contribution in [0.25, 0.3) is 0 Å². The van der Waals surface area contributed by atoms with Crippen LogP contribution in [0.5, 0.6) is 0 Å². The van der Waals surface area contributed by atoms with Crippen molar-refractivity contribution in [1.29, 1.82) is 5.26 Å². The quantitative estimate of drug-likeness (QED) is 0.421. The van der Waals surface area contributed by atoms with Gasteiger partial charge >= 0.3 is 19.3 Å². The summed E-state index contributed by atoms with van der Waals surface area (Å²) >= 11 is -0.937. The molecule has 0 fully saturated rings. The minimum absolute atomic E-state index is 0.357. The average Bonchev–Trinajstić information content (AvgIpc) is 2.25. The van der Waals surface area contributed by atoms with Crippen molar-refractivity contribution in [1.82, 2.24) is 14.9 Å². The van der Waals surface area contributed by atoms with Gasteiger partial charge in [-0.15, -0.1) is 0 Å². The predicted molar refractivity (Wildman–Crippen MR) is 59.8 cm³/mol. The number of nitrogens with zero attached hydrogens (tertiary/aromatic N) is 5. The van der Waals surface area contributed by atoms with Gasteiger partial charge in [0, 0.05) is 24.2 Å². The highest BCUT2D eigenvalue weighted by molar-refractivity contribution is 7.00. The summed E-state index contributed by atoms with van der Waals surface area (Å²) in [7, 11) is 9.41. The zero-order chi connectivity index (χ0) is 11.3. The minimum Gasteiger partial charge on any atom is -0.369 e. The molecular formula is C8H8ClMgN5. The molecule has 0 aromatic carbocycles. The highest BCUT2D eigenvalue weighted by Crippen LogP contribution is 2.10. The molecule has 0 atom stereocenters. The number of rotatable bonds is 3. The summed E-state index contributed by atoms with van der Waals surface area (Å²) in [4.78, 5) is 13.9. The van der Waals surface area contributed by atoms with E-state index < -0.39 is 19.3 Å². The number of nitriles is 1. The van der Waals surface area contributed by atoms with Crippen molar-refractivity contribution in [2.75, 3.05) is 14.1 Å². The summed E-state index contributed by atoms with van der Waals surface area (Å²) in [5.74, 6) is 0.379. The molecule has 1 rings (SSSR count). The van der Waals surface area contributed by atoms with E-state index in [1.54, 1.807) is 11.2 Å². The molecule has 0 aliphatic rings. The van der Waals surface area contributed by atoms with Gasteiger partial charge in [-0.2, -0.15) is 5.26 Å². The number of aliphatic imine (C=N–C) groups is 1. The molecule has 0 unspecified atom stereocenters. The van der Waals surface area contributed by atoms with Crippen molar-refractivity contribution in [3.63, 3.8) is 0 Å². The van der Waals surface area contributed by atoms with Gasteiger partial charge in [0.2, 0.25) is 0 Å². The summed E-state index contributed by atoms with van der Waals surface area (Å²) in [6.45, 7) is 0. The molecule has 1 aromatic rings. The van der Waals surface area contributed by atoms with Gasteiger partial charge < -0.3 is 14.0 Å². The van der Waals surface area contributed by atoms with Crippen molar-refractivity contribution in [3.05, 3.63) is 11.8 Å². The SMILES string of the molecule is CN(C)/C=N/c1n[c]([Mg][Cl])ncc1C#N. The molecule has 15 heavy (non-hydrogen) atoms. The number of halogens is 1. The van der Waals surface area contributed by atoms with Gasteiger partial charge in [0.15, 0.2) is 5.82 Å². The molecular weight excluding hydrogens is 226 g/mol. The van der Waals surface area contributed by atoms with E-state index in [0.717, 1.165) is 0 Å². The summed E-state index contributed by atoms with van der Waals surface area (Å²) in [6.07, 6.45) is 3.04. The lowest BCUT2D eigenvalue weighted by atomic mass is 10.3. The summed E-state index contributed by atoms with van der Waals surface area (Å²) < 4.78 is 0.599. The van der Waals surface area contributed by atoms with E-state index in [2.05, 4.69) is 15.0 Å². The third kappa shape index (κ3) is 3.62. The molecule has 0 amide bonds. The number of aromatic nitrogens is 2. The van der Waals surface area contributed by atoms with Crippen LogP contribution < -0.4 is 3.95 Å². The fourth-order valence-corrected chi connectivity index (χ4v) is 1.58. The van der Waals surface area contributed by atoms with Crippen molar-refractivity contribution in [2.45, 2.75) is 0 Å². The van der Waals surface area contributed by atoms with Gasteiger partial charge in [-0.3, -0.25) is 4.98 Å². The van der Waals surface area contributed by atoms with Gasteiger partial charge in [0.25, 0.3) is 0 Å². The van der Waals surface area contributed by atoms with E-state index >= 15 is 0 Å². The van der Waals surface area contributed by atoms with Gasteiger partial charge in [-0.25, -0.2) is 9.98 Å². The average molecular weight is 234 g/mol. The van der Waals surface area contributed by atoms with Crippen LogP contribution in [0.2, 0.25) is 0 Å². The van der Waals surface area contributed by atoms with E-state index in [4.69, 9.17) is 14.3 Å². The largest absolute Gasteiger partial charge is 0.595 e. The van der Waals surface area contributed by atoms with Gasteiger partial charge in [-0.05, 0) is 0 Å². The molecule has 1 heterocycles. The Kier molecular flexibility index (Phi) is 4.75. The van der Waals surface area contributed by atoms with Crippen molar-refractivity contribution in [2.24, 2.45) is 4.99 Å². The molecule has 0 aliphatic heterocycles. The maximum atomic E-state index is 8.81. The Bertz CT molecular complexity index is 412. The molecule has 0 saturated heterocycles. The zero-order valence-corrected chi connectivity index (χ0v) is 10.6. The van der Waals surface area contributed by atoms with Gasteiger partial charge in [-0.1, -0.05) is 0 Å². The fraction of sp³-hybridized carbons (Fsp3) is 0.250. The first-order chi connectivity index (χ1) is 7.17. The molecule has 0 aliphatic carbocycles. The first kappa shape index (κ1) is 12.2. The predicted octanol–water partition coefficient (Wildman–Crippen LogP) is 0.0530. The first-order valence-electron chi connectivity index (χ1n) is 4.20. The normalized spacial score (nSPS) is 9.73. The van der Waals surface area contributed by atoms with E-state index in [1.807, 2.05) is 20.2 Å². The van der Waals surface area contributed by atoms with Crippen LogP contribution in [-0.2, 0) is 0 Å². The molecule has 5 nitrogen and oxygen atoms in total. The zero-order valence-electron chi connectivity index (χ0n) is 8.48. The Hall–Kier alpha value is -0.904. The topological polar surface area (TPSA) is 65.2 Å². The molecule has 1 aromatic heterocycles. The second-order valence-corrected chi connectivity index (χ2v) is 4.68.